The molecule has 0 amide bonds. The highest BCUT2D eigenvalue weighted by atomic mass is 127. The number of nitrogens with two attached hydrogens (primary N) is 1. The van der Waals surface area contributed by atoms with Gasteiger partial charge in [-0.2, -0.15) is 0 Å². The van der Waals surface area contributed by atoms with Gasteiger partial charge in [0.1, 0.15) is 0 Å². The van der Waals surface area contributed by atoms with Gasteiger partial charge in [-0.15, -0.1) is 24.0 Å². The third-order valence-electron chi connectivity index (χ3n) is 4.52. The van der Waals surface area contributed by atoms with Gasteiger partial charge in [0.05, 0.1) is 20.8 Å². The van der Waals surface area contributed by atoms with Crippen molar-refractivity contribution in [1.29, 1.82) is 0 Å². The van der Waals surface area contributed by atoms with Gasteiger partial charge in [-0.3, -0.25) is 4.99 Å². The molecule has 0 fully saturated rings. The summed E-state index contributed by atoms with van der Waals surface area (Å²) in [5.74, 6) is 1.92. The molecule has 0 bridgehead atoms. The van der Waals surface area contributed by atoms with Crippen LogP contribution in [0.3, 0.4) is 0 Å². The minimum absolute atomic E-state index is 0. The minimum Gasteiger partial charge on any atom is -0.493 e. The minimum atomic E-state index is 0. The second kappa shape index (κ2) is 12.3. The number of anilines is 1. The van der Waals surface area contributed by atoms with Crippen LogP contribution in [0.1, 0.15) is 12.5 Å². The predicted molar refractivity (Wildman–Crippen MR) is 127 cm³/mol. The van der Waals surface area contributed by atoms with Crippen molar-refractivity contribution >= 4 is 35.6 Å². The van der Waals surface area contributed by atoms with Crippen LogP contribution in [0.15, 0.2) is 53.5 Å². The second-order valence-electron chi connectivity index (χ2n) is 6.39. The highest BCUT2D eigenvalue weighted by Gasteiger charge is 2.09. The average molecular weight is 498 g/mol. The summed E-state index contributed by atoms with van der Waals surface area (Å²) in [6, 6.07) is 16.4. The van der Waals surface area contributed by atoms with Crippen LogP contribution in [0.2, 0.25) is 0 Å². The van der Waals surface area contributed by atoms with Crippen molar-refractivity contribution in [3.8, 4) is 11.5 Å². The maximum atomic E-state index is 6.00. The number of methoxy groups -OCH3 is 2. The first-order chi connectivity index (χ1) is 13.0. The Bertz CT molecular complexity index is 740. The van der Waals surface area contributed by atoms with Gasteiger partial charge >= 0.3 is 0 Å². The molecule has 0 aliphatic heterocycles. The van der Waals surface area contributed by atoms with Gasteiger partial charge in [-0.1, -0.05) is 24.3 Å². The van der Waals surface area contributed by atoms with Crippen LogP contribution in [0, 0.1) is 0 Å². The molecule has 1 atom stereocenters. The maximum absolute atomic E-state index is 6.00. The molecule has 6 nitrogen and oxygen atoms in total. The van der Waals surface area contributed by atoms with Gasteiger partial charge in [-0.05, 0) is 43.2 Å². The molecule has 0 aliphatic rings. The average Bonchev–Trinajstić information content (AvgIpc) is 2.71. The molecule has 7 heteroatoms. The summed E-state index contributed by atoms with van der Waals surface area (Å²) in [5.41, 5.74) is 8.31. The Labute approximate surface area is 185 Å². The Balaban J connectivity index is 0.00000392. The lowest BCUT2D eigenvalue weighted by atomic mass is 10.1. The molecule has 154 valence electrons. The van der Waals surface area contributed by atoms with E-state index in [0.717, 1.165) is 23.5 Å². The van der Waals surface area contributed by atoms with E-state index in [2.05, 4.69) is 41.3 Å². The number of halogens is 1. The zero-order chi connectivity index (χ0) is 19.6. The van der Waals surface area contributed by atoms with Crippen molar-refractivity contribution in [2.24, 2.45) is 10.7 Å². The fourth-order valence-corrected chi connectivity index (χ4v) is 2.70. The molecular weight excluding hydrogens is 467 g/mol. The zero-order valence-corrected chi connectivity index (χ0v) is 19.3. The van der Waals surface area contributed by atoms with E-state index in [9.17, 15) is 0 Å². The van der Waals surface area contributed by atoms with Crippen LogP contribution in [-0.4, -0.2) is 46.4 Å². The highest BCUT2D eigenvalue weighted by molar-refractivity contribution is 14.0. The van der Waals surface area contributed by atoms with Crippen LogP contribution in [0.5, 0.6) is 11.5 Å². The zero-order valence-electron chi connectivity index (χ0n) is 17.0. The largest absolute Gasteiger partial charge is 0.493 e. The van der Waals surface area contributed by atoms with E-state index in [0.29, 0.717) is 19.0 Å². The van der Waals surface area contributed by atoms with Gasteiger partial charge in [-0.25, -0.2) is 0 Å². The fourth-order valence-electron chi connectivity index (χ4n) is 2.70. The van der Waals surface area contributed by atoms with Gasteiger partial charge in [0.15, 0.2) is 17.5 Å². The van der Waals surface area contributed by atoms with Crippen LogP contribution < -0.4 is 25.4 Å². The van der Waals surface area contributed by atoms with Gasteiger partial charge in [0.25, 0.3) is 0 Å². The predicted octanol–water partition coefficient (Wildman–Crippen LogP) is 3.29. The first-order valence-corrected chi connectivity index (χ1v) is 9.07. The van der Waals surface area contributed by atoms with E-state index in [1.165, 1.54) is 5.69 Å². The molecule has 0 spiro atoms. The highest BCUT2D eigenvalue weighted by Crippen LogP contribution is 2.27. The molecule has 2 aromatic carbocycles. The molecule has 0 radical (unpaired) electrons. The molecule has 0 aliphatic carbocycles. The number of nitrogens with zero attached hydrogens (tertiary/aromatic N) is 2. The van der Waals surface area contributed by atoms with Crippen molar-refractivity contribution in [3.05, 3.63) is 54.1 Å². The van der Waals surface area contributed by atoms with Gasteiger partial charge in [0, 0.05) is 25.3 Å². The van der Waals surface area contributed by atoms with E-state index >= 15 is 0 Å². The first-order valence-electron chi connectivity index (χ1n) is 9.07. The van der Waals surface area contributed by atoms with Crippen molar-refractivity contribution in [3.63, 3.8) is 0 Å². The lowest BCUT2D eigenvalue weighted by Gasteiger charge is -2.25. The van der Waals surface area contributed by atoms with Crippen LogP contribution in [0.4, 0.5) is 5.69 Å². The molecule has 2 rings (SSSR count). The van der Waals surface area contributed by atoms with Crippen molar-refractivity contribution < 1.29 is 9.47 Å². The molecule has 1 unspecified atom stereocenters. The Hall–Kier alpha value is -2.16. The number of likely N-dealkylation sites (N-methyl/N-ethyl adjacent to an activating group) is 1. The molecule has 0 heterocycles. The lowest BCUT2D eigenvalue weighted by molar-refractivity contribution is 0.354. The van der Waals surface area contributed by atoms with E-state index in [1.54, 1.807) is 14.2 Å². The number of aliphatic imine (C=N–C) groups is 1. The van der Waals surface area contributed by atoms with Crippen LogP contribution in [-0.2, 0) is 6.42 Å². The molecule has 0 aromatic heterocycles. The van der Waals surface area contributed by atoms with Crippen molar-refractivity contribution in [1.82, 2.24) is 5.32 Å². The first kappa shape index (κ1) is 23.9. The summed E-state index contributed by atoms with van der Waals surface area (Å²) >= 11 is 0. The Morgan fingerprint density at radius 1 is 1.11 bits per heavy atom. The summed E-state index contributed by atoms with van der Waals surface area (Å²) in [7, 11) is 5.33. The number of guanidine groups is 1. The summed E-state index contributed by atoms with van der Waals surface area (Å²) in [5, 5.41) is 3.17. The van der Waals surface area contributed by atoms with E-state index in [4.69, 9.17) is 15.2 Å². The monoisotopic (exact) mass is 498 g/mol. The van der Waals surface area contributed by atoms with E-state index in [-0.39, 0.29) is 30.0 Å². The molecule has 0 saturated carbocycles. The number of hydrogen-bond acceptors (Lipinski definition) is 4. The number of rotatable bonds is 9. The van der Waals surface area contributed by atoms with Crippen molar-refractivity contribution in [2.45, 2.75) is 19.4 Å². The molecule has 3 N–H and O–H groups in total. The SMILES string of the molecule is COc1ccc(CCNC(N)=NCC(C)N(C)c2ccccc2)cc1OC.I. The Morgan fingerprint density at radius 2 is 1.79 bits per heavy atom. The normalized spacial score (nSPS) is 11.9. The van der Waals surface area contributed by atoms with E-state index < -0.39 is 0 Å². The number of benzene rings is 2. The maximum Gasteiger partial charge on any atom is 0.188 e. The quantitative estimate of drug-likeness (QED) is 0.316. The van der Waals surface area contributed by atoms with Gasteiger partial charge in [0.2, 0.25) is 0 Å². The molecule has 2 aromatic rings. The Morgan fingerprint density at radius 3 is 2.43 bits per heavy atom. The van der Waals surface area contributed by atoms with Crippen molar-refractivity contribution in [2.75, 3.05) is 39.3 Å². The molecular formula is C21H31IN4O2. The second-order valence-corrected chi connectivity index (χ2v) is 6.39. The summed E-state index contributed by atoms with van der Waals surface area (Å²) < 4.78 is 10.6. The summed E-state index contributed by atoms with van der Waals surface area (Å²) in [6.07, 6.45) is 0.816. The third kappa shape index (κ3) is 7.10. The van der Waals surface area contributed by atoms with Crippen LogP contribution in [0.25, 0.3) is 0 Å². The van der Waals surface area contributed by atoms with Gasteiger partial charge < -0.3 is 25.4 Å². The lowest BCUT2D eigenvalue weighted by Crippen LogP contribution is -2.36. The molecule has 28 heavy (non-hydrogen) atoms. The molecule has 0 saturated heterocycles. The van der Waals surface area contributed by atoms with Crippen LogP contribution >= 0.6 is 24.0 Å². The summed E-state index contributed by atoms with van der Waals surface area (Å²) in [4.78, 5) is 6.65. The topological polar surface area (TPSA) is 72.1 Å². The standard InChI is InChI=1S/C21H30N4O2.HI/c1-16(25(2)18-8-6-5-7-9-18)15-24-21(22)23-13-12-17-10-11-19(26-3)20(14-17)27-4;/h5-11,14,16H,12-13,15H2,1-4H3,(H3,22,23,24);1H. The number of para-hydroxylation sites is 1. The summed E-state index contributed by atoms with van der Waals surface area (Å²) in [6.45, 7) is 3.46. The smallest absolute Gasteiger partial charge is 0.188 e. The number of ether oxygens (including phenoxy) is 2. The number of nitrogens with one attached hydrogen (secondary N) is 1. The number of hydrogen-bond donors (Lipinski definition) is 2. The third-order valence-corrected chi connectivity index (χ3v) is 4.52. The fraction of sp³-hybridized carbons (Fsp3) is 0.381. The van der Waals surface area contributed by atoms with E-state index in [1.807, 2.05) is 36.4 Å². The Kier molecular flexibility index (Phi) is 10.5.